The van der Waals surface area contributed by atoms with Gasteiger partial charge in [0.05, 0.1) is 4.91 Å². The summed E-state index contributed by atoms with van der Waals surface area (Å²) in [6.45, 7) is 2.02. The third kappa shape index (κ3) is 2.08. The summed E-state index contributed by atoms with van der Waals surface area (Å²) in [6.07, 6.45) is 3.64. The number of thioether (sulfide) groups is 1. The molecule has 1 saturated heterocycles. The van der Waals surface area contributed by atoms with Crippen LogP contribution in [0.5, 0.6) is 0 Å². The Morgan fingerprint density at radius 1 is 1.55 bits per heavy atom. The molecule has 1 fully saturated rings. The largest absolute Gasteiger partial charge is 0.290 e. The molecule has 1 N–H and O–H groups in total. The Balaban J connectivity index is 2.59. The number of imide groups is 1. The fraction of sp³-hybridized carbons (Fsp3) is 0.429. The normalized spacial score (nSPS) is 21.0. The average Bonchev–Trinajstić information content (AvgIpc) is 2.26. The van der Waals surface area contributed by atoms with Crippen molar-refractivity contribution < 1.29 is 9.59 Å². The summed E-state index contributed by atoms with van der Waals surface area (Å²) in [5, 5.41) is 1.93. The molecule has 0 unspecified atom stereocenters. The summed E-state index contributed by atoms with van der Waals surface area (Å²) in [5.41, 5.74) is 0. The second-order valence-electron chi connectivity index (χ2n) is 2.20. The summed E-state index contributed by atoms with van der Waals surface area (Å²) < 4.78 is 0. The van der Waals surface area contributed by atoms with Gasteiger partial charge in [0, 0.05) is 0 Å². The number of carbonyl (C=O) groups excluding carboxylic acids is 2. The second kappa shape index (κ2) is 3.57. The summed E-state index contributed by atoms with van der Waals surface area (Å²) >= 11 is 0.975. The zero-order valence-electron chi connectivity index (χ0n) is 6.22. The van der Waals surface area contributed by atoms with Gasteiger partial charge in [-0.1, -0.05) is 19.4 Å². The van der Waals surface area contributed by atoms with Gasteiger partial charge in [-0.25, -0.2) is 0 Å². The van der Waals surface area contributed by atoms with Gasteiger partial charge < -0.3 is 0 Å². The minimum atomic E-state index is -0.266. The van der Waals surface area contributed by atoms with E-state index in [1.165, 1.54) is 0 Å². The maximum absolute atomic E-state index is 10.9. The van der Waals surface area contributed by atoms with Gasteiger partial charge in [0.2, 0.25) is 0 Å². The highest BCUT2D eigenvalue weighted by molar-refractivity contribution is 8.18. The number of unbranched alkanes of at least 4 members (excludes halogenated alkanes) is 1. The molecule has 11 heavy (non-hydrogen) atoms. The van der Waals surface area contributed by atoms with Gasteiger partial charge in [0.1, 0.15) is 0 Å². The van der Waals surface area contributed by atoms with E-state index >= 15 is 0 Å². The number of nitrogens with one attached hydrogen (secondary N) is 1. The Morgan fingerprint density at radius 2 is 2.27 bits per heavy atom. The van der Waals surface area contributed by atoms with E-state index in [1.54, 1.807) is 6.08 Å². The van der Waals surface area contributed by atoms with Gasteiger partial charge in [-0.3, -0.25) is 14.9 Å². The molecule has 0 aromatic carbocycles. The van der Waals surface area contributed by atoms with Crippen LogP contribution in [0, 0.1) is 0 Å². The number of rotatable bonds is 2. The highest BCUT2D eigenvalue weighted by Crippen LogP contribution is 2.23. The van der Waals surface area contributed by atoms with Crippen LogP contribution in [0.4, 0.5) is 4.79 Å². The van der Waals surface area contributed by atoms with Crippen LogP contribution in [-0.2, 0) is 4.79 Å². The van der Waals surface area contributed by atoms with Gasteiger partial charge in [0.15, 0.2) is 0 Å². The van der Waals surface area contributed by atoms with E-state index in [4.69, 9.17) is 0 Å². The lowest BCUT2D eigenvalue weighted by Gasteiger charge is -1.87. The van der Waals surface area contributed by atoms with Crippen LogP contribution in [0.1, 0.15) is 19.8 Å². The van der Waals surface area contributed by atoms with Crippen molar-refractivity contribution >= 4 is 22.9 Å². The molecule has 0 radical (unpaired) electrons. The van der Waals surface area contributed by atoms with Gasteiger partial charge >= 0.3 is 0 Å². The summed E-state index contributed by atoms with van der Waals surface area (Å²) in [6, 6.07) is 0. The Hall–Kier alpha value is -0.770. The fourth-order valence-electron chi connectivity index (χ4n) is 0.736. The fourth-order valence-corrected chi connectivity index (χ4v) is 1.42. The first kappa shape index (κ1) is 8.33. The van der Waals surface area contributed by atoms with E-state index in [9.17, 15) is 9.59 Å². The predicted molar refractivity (Wildman–Crippen MR) is 44.1 cm³/mol. The molecule has 0 aromatic rings. The van der Waals surface area contributed by atoms with Gasteiger partial charge in [-0.05, 0) is 18.2 Å². The number of allylic oxidation sites excluding steroid dienone is 1. The van der Waals surface area contributed by atoms with Gasteiger partial charge in [-0.2, -0.15) is 0 Å². The molecule has 3 nitrogen and oxygen atoms in total. The standard InChI is InChI=1S/C7H9NO2S/c1-2-3-4-5-6(9)8-7(10)11-5/h4H,2-3H2,1H3,(H,8,9,10)/b5-4+. The minimum absolute atomic E-state index is 0.256. The van der Waals surface area contributed by atoms with Crippen LogP contribution in [-0.4, -0.2) is 11.1 Å². The summed E-state index contributed by atoms with van der Waals surface area (Å²) in [7, 11) is 0. The van der Waals surface area contributed by atoms with Crippen molar-refractivity contribution in [2.75, 3.05) is 0 Å². The highest BCUT2D eigenvalue weighted by Gasteiger charge is 2.24. The lowest BCUT2D eigenvalue weighted by Crippen LogP contribution is -2.17. The molecule has 1 heterocycles. The first-order valence-electron chi connectivity index (χ1n) is 3.47. The highest BCUT2D eigenvalue weighted by atomic mass is 32.2. The number of carbonyl (C=O) groups is 2. The lowest BCUT2D eigenvalue weighted by atomic mass is 10.3. The Bertz CT molecular complexity index is 222. The maximum Gasteiger partial charge on any atom is 0.290 e. The molecular formula is C7H9NO2S. The molecule has 0 bridgehead atoms. The Labute approximate surface area is 69.2 Å². The molecule has 0 spiro atoms. The smallest absolute Gasteiger partial charge is 0.282 e. The Kier molecular flexibility index (Phi) is 2.70. The van der Waals surface area contributed by atoms with E-state index in [1.807, 2.05) is 6.92 Å². The quantitative estimate of drug-likeness (QED) is 0.642. The Morgan fingerprint density at radius 3 is 2.73 bits per heavy atom. The first-order valence-corrected chi connectivity index (χ1v) is 4.29. The van der Waals surface area contributed by atoms with Crippen molar-refractivity contribution in [3.8, 4) is 0 Å². The summed E-state index contributed by atoms with van der Waals surface area (Å²) in [5.74, 6) is -0.256. The van der Waals surface area contributed by atoms with Gasteiger partial charge in [-0.15, -0.1) is 0 Å². The van der Waals surface area contributed by atoms with Gasteiger partial charge in [0.25, 0.3) is 11.1 Å². The topological polar surface area (TPSA) is 46.2 Å². The molecule has 1 rings (SSSR count). The number of amides is 2. The van der Waals surface area contributed by atoms with E-state index < -0.39 is 0 Å². The van der Waals surface area contributed by atoms with Crippen LogP contribution in [0.2, 0.25) is 0 Å². The summed E-state index contributed by atoms with van der Waals surface area (Å²) in [4.78, 5) is 22.0. The molecule has 60 valence electrons. The van der Waals surface area contributed by atoms with E-state index in [2.05, 4.69) is 5.32 Å². The third-order valence-corrected chi connectivity index (χ3v) is 2.12. The van der Waals surface area contributed by atoms with E-state index in [-0.39, 0.29) is 11.1 Å². The predicted octanol–water partition coefficient (Wildman–Crippen LogP) is 1.65. The SMILES string of the molecule is CCC/C=C1/SC(=O)NC1=O. The van der Waals surface area contributed by atoms with Crippen LogP contribution < -0.4 is 5.32 Å². The molecule has 4 heteroatoms. The number of hydrogen-bond donors (Lipinski definition) is 1. The van der Waals surface area contributed by atoms with E-state index in [0.717, 1.165) is 24.6 Å². The van der Waals surface area contributed by atoms with Crippen molar-refractivity contribution in [1.29, 1.82) is 0 Å². The number of hydrogen-bond acceptors (Lipinski definition) is 3. The molecule has 0 aromatic heterocycles. The minimum Gasteiger partial charge on any atom is -0.282 e. The van der Waals surface area contributed by atoms with Crippen molar-refractivity contribution in [2.24, 2.45) is 0 Å². The second-order valence-corrected chi connectivity index (χ2v) is 3.22. The lowest BCUT2D eigenvalue weighted by molar-refractivity contribution is -0.115. The molecule has 1 aliphatic heterocycles. The van der Waals surface area contributed by atoms with Crippen LogP contribution in [0.15, 0.2) is 11.0 Å². The molecule has 0 atom stereocenters. The monoisotopic (exact) mass is 171 g/mol. The van der Waals surface area contributed by atoms with Crippen molar-refractivity contribution in [3.05, 3.63) is 11.0 Å². The molecule has 2 amide bonds. The molecule has 0 aliphatic carbocycles. The zero-order chi connectivity index (χ0) is 8.27. The zero-order valence-corrected chi connectivity index (χ0v) is 7.03. The average molecular weight is 171 g/mol. The van der Waals surface area contributed by atoms with Crippen molar-refractivity contribution in [2.45, 2.75) is 19.8 Å². The van der Waals surface area contributed by atoms with Crippen molar-refractivity contribution in [3.63, 3.8) is 0 Å². The van der Waals surface area contributed by atoms with Crippen LogP contribution in [0.3, 0.4) is 0 Å². The molecular weight excluding hydrogens is 162 g/mol. The van der Waals surface area contributed by atoms with E-state index in [0.29, 0.717) is 4.91 Å². The van der Waals surface area contributed by atoms with Crippen LogP contribution in [0.25, 0.3) is 0 Å². The van der Waals surface area contributed by atoms with Crippen molar-refractivity contribution in [1.82, 2.24) is 5.32 Å². The van der Waals surface area contributed by atoms with Crippen LogP contribution >= 0.6 is 11.8 Å². The first-order chi connectivity index (χ1) is 5.24. The maximum atomic E-state index is 10.9. The third-order valence-electron chi connectivity index (χ3n) is 1.26. The molecule has 0 saturated carbocycles. The molecule has 1 aliphatic rings.